The highest BCUT2D eigenvalue weighted by Crippen LogP contribution is 2.23. The lowest BCUT2D eigenvalue weighted by Gasteiger charge is -2.33. The Morgan fingerprint density at radius 3 is 2.86 bits per heavy atom. The number of carbonyl (C=O) groups excluding carboxylic acids is 1. The van der Waals surface area contributed by atoms with Crippen molar-refractivity contribution in [3.63, 3.8) is 0 Å². The molecule has 8 heteroatoms. The molecule has 4 rings (SSSR count). The predicted molar refractivity (Wildman–Crippen MR) is 103 cm³/mol. The number of aryl methyl sites for hydroxylation is 1. The van der Waals surface area contributed by atoms with Crippen LogP contribution in [0.5, 0.6) is 0 Å². The Hall–Kier alpha value is -2.48. The van der Waals surface area contributed by atoms with E-state index in [2.05, 4.69) is 20.4 Å². The van der Waals surface area contributed by atoms with Crippen LogP contribution in [0.15, 0.2) is 10.7 Å². The van der Waals surface area contributed by atoms with Gasteiger partial charge in [-0.05, 0) is 25.7 Å². The minimum absolute atomic E-state index is 0.0917. The first-order valence-corrected chi connectivity index (χ1v) is 9.97. The van der Waals surface area contributed by atoms with Crippen molar-refractivity contribution < 1.29 is 14.1 Å². The van der Waals surface area contributed by atoms with Crippen LogP contribution >= 0.6 is 0 Å². The number of hydrogen-bond donors (Lipinski definition) is 1. The zero-order chi connectivity index (χ0) is 19.7. The first kappa shape index (κ1) is 18.9. The summed E-state index contributed by atoms with van der Waals surface area (Å²) in [6, 6.07) is 0.129. The van der Waals surface area contributed by atoms with Gasteiger partial charge >= 0.3 is 0 Å². The quantitative estimate of drug-likeness (QED) is 0.863. The standard InChI is InChI=1S/C20H27N5O3/c1-12(2)18-17(13(3)28-24-18)19(26)22-15-4-7-25(8-5-15)20-21-10-14-11-27-9-6-16(14)23-20/h10,12,15H,4-9,11H2,1-3H3,(H,22,26). The van der Waals surface area contributed by atoms with Crippen LogP contribution in [-0.2, 0) is 17.8 Å². The number of fused-ring (bicyclic) bond motifs is 1. The van der Waals surface area contributed by atoms with Gasteiger partial charge in [0.2, 0.25) is 5.95 Å². The van der Waals surface area contributed by atoms with E-state index in [1.807, 2.05) is 20.0 Å². The van der Waals surface area contributed by atoms with E-state index in [9.17, 15) is 4.79 Å². The van der Waals surface area contributed by atoms with Crippen LogP contribution in [0, 0.1) is 6.92 Å². The smallest absolute Gasteiger partial charge is 0.257 e. The molecule has 0 radical (unpaired) electrons. The number of ether oxygens (including phenoxy) is 1. The minimum atomic E-state index is -0.0917. The molecule has 0 spiro atoms. The molecule has 28 heavy (non-hydrogen) atoms. The number of anilines is 1. The van der Waals surface area contributed by atoms with E-state index < -0.39 is 0 Å². The molecule has 0 saturated carbocycles. The van der Waals surface area contributed by atoms with Gasteiger partial charge in [0.25, 0.3) is 5.91 Å². The second-order valence-corrected chi connectivity index (χ2v) is 7.83. The highest BCUT2D eigenvalue weighted by Gasteiger charge is 2.27. The van der Waals surface area contributed by atoms with Crippen LogP contribution in [0.3, 0.4) is 0 Å². The summed E-state index contributed by atoms with van der Waals surface area (Å²) >= 11 is 0. The number of piperidine rings is 1. The van der Waals surface area contributed by atoms with Crippen LogP contribution in [-0.4, -0.2) is 46.8 Å². The fraction of sp³-hybridized carbons (Fsp3) is 0.600. The van der Waals surface area contributed by atoms with Gasteiger partial charge in [0.05, 0.1) is 24.6 Å². The minimum Gasteiger partial charge on any atom is -0.376 e. The molecule has 1 amide bonds. The van der Waals surface area contributed by atoms with Crippen LogP contribution in [0.4, 0.5) is 5.95 Å². The van der Waals surface area contributed by atoms with Crippen molar-refractivity contribution >= 4 is 11.9 Å². The molecule has 2 aliphatic rings. The van der Waals surface area contributed by atoms with Gasteiger partial charge in [-0.3, -0.25) is 4.79 Å². The van der Waals surface area contributed by atoms with Crippen molar-refractivity contribution in [2.75, 3.05) is 24.6 Å². The number of rotatable bonds is 4. The summed E-state index contributed by atoms with van der Waals surface area (Å²) in [5.41, 5.74) is 3.48. The van der Waals surface area contributed by atoms with Crippen LogP contribution < -0.4 is 10.2 Å². The fourth-order valence-corrected chi connectivity index (χ4v) is 3.81. The maximum absolute atomic E-state index is 12.8. The number of nitrogens with zero attached hydrogens (tertiary/aromatic N) is 4. The van der Waals surface area contributed by atoms with Crippen molar-refractivity contribution in [3.8, 4) is 0 Å². The molecule has 8 nitrogen and oxygen atoms in total. The highest BCUT2D eigenvalue weighted by atomic mass is 16.5. The summed E-state index contributed by atoms with van der Waals surface area (Å²) in [4.78, 5) is 24.2. The van der Waals surface area contributed by atoms with E-state index in [-0.39, 0.29) is 17.9 Å². The van der Waals surface area contributed by atoms with Crippen molar-refractivity contribution in [2.24, 2.45) is 0 Å². The fourth-order valence-electron chi connectivity index (χ4n) is 3.81. The van der Waals surface area contributed by atoms with E-state index in [1.54, 1.807) is 6.92 Å². The molecule has 2 aromatic rings. The maximum atomic E-state index is 12.8. The van der Waals surface area contributed by atoms with Crippen LogP contribution in [0.1, 0.15) is 65.7 Å². The molecule has 0 aliphatic carbocycles. The summed E-state index contributed by atoms with van der Waals surface area (Å²) in [7, 11) is 0. The normalized spacial score (nSPS) is 17.6. The third kappa shape index (κ3) is 3.73. The Balaban J connectivity index is 1.37. The second-order valence-electron chi connectivity index (χ2n) is 7.83. The molecule has 2 aromatic heterocycles. The lowest BCUT2D eigenvalue weighted by Crippen LogP contribution is -2.45. The molecular formula is C20H27N5O3. The third-order valence-electron chi connectivity index (χ3n) is 5.46. The molecule has 1 N–H and O–H groups in total. The number of nitrogens with one attached hydrogen (secondary N) is 1. The topological polar surface area (TPSA) is 93.4 Å². The van der Waals surface area contributed by atoms with Gasteiger partial charge in [-0.15, -0.1) is 0 Å². The zero-order valence-electron chi connectivity index (χ0n) is 16.7. The molecule has 0 aromatic carbocycles. The van der Waals surface area contributed by atoms with Gasteiger partial charge in [0.1, 0.15) is 11.3 Å². The monoisotopic (exact) mass is 385 g/mol. The van der Waals surface area contributed by atoms with Crippen molar-refractivity contribution in [3.05, 3.63) is 34.5 Å². The van der Waals surface area contributed by atoms with E-state index >= 15 is 0 Å². The van der Waals surface area contributed by atoms with Gasteiger partial charge in [-0.1, -0.05) is 19.0 Å². The largest absolute Gasteiger partial charge is 0.376 e. The van der Waals surface area contributed by atoms with Gasteiger partial charge in [0, 0.05) is 37.3 Å². The zero-order valence-corrected chi connectivity index (χ0v) is 16.7. The predicted octanol–water partition coefficient (Wildman–Crippen LogP) is 2.37. The molecule has 2 aliphatic heterocycles. The molecule has 1 fully saturated rings. The molecule has 1 saturated heterocycles. The summed E-state index contributed by atoms with van der Waals surface area (Å²) in [5.74, 6) is 1.41. The van der Waals surface area contributed by atoms with Crippen molar-refractivity contribution in [1.82, 2.24) is 20.4 Å². The average Bonchev–Trinajstić information content (AvgIpc) is 3.10. The molecule has 150 valence electrons. The van der Waals surface area contributed by atoms with Crippen molar-refractivity contribution in [2.45, 2.75) is 58.6 Å². The van der Waals surface area contributed by atoms with E-state index in [0.717, 1.165) is 61.9 Å². The van der Waals surface area contributed by atoms with Gasteiger partial charge in [-0.25, -0.2) is 9.97 Å². The Labute approximate surface area is 164 Å². The van der Waals surface area contributed by atoms with Gasteiger partial charge < -0.3 is 19.5 Å². The number of amides is 1. The maximum Gasteiger partial charge on any atom is 0.257 e. The van der Waals surface area contributed by atoms with Crippen molar-refractivity contribution in [1.29, 1.82) is 0 Å². The van der Waals surface area contributed by atoms with E-state index in [4.69, 9.17) is 14.2 Å². The van der Waals surface area contributed by atoms with Crippen LogP contribution in [0.2, 0.25) is 0 Å². The Kier molecular flexibility index (Phi) is 5.30. The van der Waals surface area contributed by atoms with Gasteiger partial charge in [-0.2, -0.15) is 0 Å². The number of aromatic nitrogens is 3. The molecule has 0 atom stereocenters. The Bertz CT molecular complexity index is 856. The summed E-state index contributed by atoms with van der Waals surface area (Å²) in [6.07, 6.45) is 4.44. The Morgan fingerprint density at radius 1 is 1.32 bits per heavy atom. The summed E-state index contributed by atoms with van der Waals surface area (Å²) in [5, 5.41) is 7.20. The molecular weight excluding hydrogens is 358 g/mol. The molecule has 0 unspecified atom stereocenters. The SMILES string of the molecule is Cc1onc(C(C)C)c1C(=O)NC1CCN(c2ncc3c(n2)CCOC3)CC1. The first-order chi connectivity index (χ1) is 13.5. The van der Waals surface area contributed by atoms with Gasteiger partial charge in [0.15, 0.2) is 0 Å². The van der Waals surface area contributed by atoms with Crippen LogP contribution in [0.25, 0.3) is 0 Å². The molecule has 4 heterocycles. The third-order valence-corrected chi connectivity index (χ3v) is 5.46. The first-order valence-electron chi connectivity index (χ1n) is 9.97. The summed E-state index contributed by atoms with van der Waals surface area (Å²) in [6.45, 7) is 8.77. The number of hydrogen-bond acceptors (Lipinski definition) is 7. The number of carbonyl (C=O) groups is 1. The van der Waals surface area contributed by atoms with E-state index in [1.165, 1.54) is 0 Å². The lowest BCUT2D eigenvalue weighted by atomic mass is 10.0. The Morgan fingerprint density at radius 2 is 2.11 bits per heavy atom. The second kappa shape index (κ2) is 7.87. The average molecular weight is 385 g/mol. The summed E-state index contributed by atoms with van der Waals surface area (Å²) < 4.78 is 10.7. The lowest BCUT2D eigenvalue weighted by molar-refractivity contribution is 0.0928. The highest BCUT2D eigenvalue weighted by molar-refractivity contribution is 5.96. The molecule has 0 bridgehead atoms. The van der Waals surface area contributed by atoms with E-state index in [0.29, 0.717) is 17.9 Å².